The first-order valence-corrected chi connectivity index (χ1v) is 19.3. The number of fused-ring (bicyclic) bond motifs is 4. The third-order valence-electron chi connectivity index (χ3n) is 10.8. The average molecular weight is 804 g/mol. The lowest BCUT2D eigenvalue weighted by atomic mass is 10.1. The second-order valence-electron chi connectivity index (χ2n) is 14.7. The third-order valence-corrected chi connectivity index (χ3v) is 10.8. The predicted molar refractivity (Wildman–Crippen MR) is 218 cm³/mol. The highest BCUT2D eigenvalue weighted by atomic mass is 16.5. The molecule has 7 heterocycles. The average Bonchev–Trinajstić information content (AvgIpc) is 4.06. The number of likely N-dealkylation sites (tertiary alicyclic amines) is 1. The van der Waals surface area contributed by atoms with E-state index in [1.165, 1.54) is 16.9 Å². The number of primary amides is 2. The number of benzene rings is 1. The highest BCUT2D eigenvalue weighted by Crippen LogP contribution is 2.33. The molecule has 1 aromatic carbocycles. The highest BCUT2D eigenvalue weighted by molar-refractivity contribution is 6.07. The Morgan fingerprint density at radius 1 is 0.864 bits per heavy atom. The number of amides is 4. The molecule has 0 spiro atoms. The Morgan fingerprint density at radius 2 is 1.54 bits per heavy atom. The highest BCUT2D eigenvalue weighted by Gasteiger charge is 2.39. The lowest BCUT2D eigenvalue weighted by molar-refractivity contribution is 0.0274. The molecule has 2 saturated heterocycles. The van der Waals surface area contributed by atoms with Crippen molar-refractivity contribution in [1.29, 1.82) is 0 Å². The van der Waals surface area contributed by atoms with Gasteiger partial charge in [0.05, 0.1) is 46.4 Å². The fraction of sp³-hybridized carbons (Fsp3) is 0.359. The number of imidazole rings is 2. The maximum Gasteiger partial charge on any atom is 0.278 e. The normalized spacial score (nSPS) is 16.5. The van der Waals surface area contributed by atoms with Crippen LogP contribution in [0, 0.1) is 13.8 Å². The summed E-state index contributed by atoms with van der Waals surface area (Å²) in [6, 6.07) is 6.89. The molecule has 2 atom stereocenters. The van der Waals surface area contributed by atoms with Crippen molar-refractivity contribution in [3.05, 3.63) is 82.1 Å². The molecule has 2 unspecified atom stereocenters. The van der Waals surface area contributed by atoms with Crippen molar-refractivity contribution in [3.8, 4) is 0 Å². The van der Waals surface area contributed by atoms with E-state index in [4.69, 9.17) is 26.9 Å². The van der Waals surface area contributed by atoms with E-state index >= 15 is 0 Å². The van der Waals surface area contributed by atoms with Crippen LogP contribution >= 0.6 is 0 Å². The standard InChI is InChI=1S/C39H45N15O5/c1-5-53-29(11-20(3)48-53)36(57)46-38-44-27-13-22(33(41)55)12-24(17-50-18-26-15-25(50)19-59-26)31(27)51(38)9-7-8-10-52-35-28(14-23(16-43-35)34(42)56)45-39(52)47-37(58)32-30(40)21(4)49-54(32)6-2/h7-8,11-14,16,25-26H,5-6,9-10,15,17-19,40H2,1-4H3,(H2,41,55)(H2,42,56)(H,44,46,57)(H,45,47,58)/b8-7+. The van der Waals surface area contributed by atoms with Gasteiger partial charge in [0.1, 0.15) is 16.9 Å². The Morgan fingerprint density at radius 3 is 2.22 bits per heavy atom. The van der Waals surface area contributed by atoms with Crippen molar-refractivity contribution < 1.29 is 23.9 Å². The van der Waals surface area contributed by atoms with Crippen LogP contribution in [0.3, 0.4) is 0 Å². The summed E-state index contributed by atoms with van der Waals surface area (Å²) < 4.78 is 12.6. The molecule has 6 aromatic rings. The minimum atomic E-state index is -0.674. The molecule has 8 N–H and O–H groups in total. The maximum atomic E-state index is 13.8. The Hall–Kier alpha value is -6.93. The molecule has 306 valence electrons. The smallest absolute Gasteiger partial charge is 0.278 e. The van der Waals surface area contributed by atoms with Crippen LogP contribution in [0.1, 0.15) is 78.9 Å². The number of nitrogens with two attached hydrogens (primary N) is 3. The Bertz CT molecular complexity index is 2700. The van der Waals surface area contributed by atoms with Gasteiger partial charge in [0.2, 0.25) is 23.7 Å². The molecule has 4 amide bonds. The van der Waals surface area contributed by atoms with Crippen LogP contribution < -0.4 is 27.8 Å². The number of nitrogens with zero attached hydrogens (tertiary/aromatic N) is 10. The summed E-state index contributed by atoms with van der Waals surface area (Å²) in [6.45, 7) is 10.5. The molecule has 2 aliphatic heterocycles. The van der Waals surface area contributed by atoms with E-state index in [-0.39, 0.29) is 54.1 Å². The van der Waals surface area contributed by atoms with Gasteiger partial charge in [-0.2, -0.15) is 10.2 Å². The van der Waals surface area contributed by atoms with Gasteiger partial charge in [0, 0.05) is 57.1 Å². The number of anilines is 3. The number of ether oxygens (including phenoxy) is 1. The zero-order valence-corrected chi connectivity index (χ0v) is 33.1. The van der Waals surface area contributed by atoms with Crippen LogP contribution in [0.4, 0.5) is 17.6 Å². The van der Waals surface area contributed by atoms with Gasteiger partial charge < -0.3 is 26.5 Å². The van der Waals surface area contributed by atoms with Crippen molar-refractivity contribution in [2.45, 2.75) is 79.0 Å². The summed E-state index contributed by atoms with van der Waals surface area (Å²) in [4.78, 5) is 68.3. The van der Waals surface area contributed by atoms with E-state index in [1.54, 1.807) is 34.4 Å². The van der Waals surface area contributed by atoms with Gasteiger partial charge in [-0.25, -0.2) is 15.0 Å². The van der Waals surface area contributed by atoms with Crippen molar-refractivity contribution in [2.75, 3.05) is 29.5 Å². The number of hydrogen-bond acceptors (Lipinski definition) is 12. The summed E-state index contributed by atoms with van der Waals surface area (Å²) in [6.07, 6.45) is 6.19. The van der Waals surface area contributed by atoms with E-state index < -0.39 is 23.6 Å². The lowest BCUT2D eigenvalue weighted by Crippen LogP contribution is -2.36. The number of nitrogens with one attached hydrogen (secondary N) is 2. The molecule has 2 fully saturated rings. The largest absolute Gasteiger partial charge is 0.395 e. The van der Waals surface area contributed by atoms with Gasteiger partial charge in [0.15, 0.2) is 5.65 Å². The van der Waals surface area contributed by atoms with Gasteiger partial charge >= 0.3 is 0 Å². The molecule has 5 aromatic heterocycles. The van der Waals surface area contributed by atoms with Crippen molar-refractivity contribution >= 4 is 63.4 Å². The number of hydrogen-bond donors (Lipinski definition) is 5. The van der Waals surface area contributed by atoms with Crippen LogP contribution in [-0.4, -0.2) is 97.5 Å². The molecule has 20 heteroatoms. The number of allylic oxidation sites excluding steroid dienone is 2. The fourth-order valence-electron chi connectivity index (χ4n) is 7.92. The number of carbonyl (C=O) groups is 4. The molecule has 2 bridgehead atoms. The molecule has 59 heavy (non-hydrogen) atoms. The predicted octanol–water partition coefficient (Wildman–Crippen LogP) is 2.34. The molecular weight excluding hydrogens is 759 g/mol. The number of aryl methyl sites for hydroxylation is 4. The van der Waals surface area contributed by atoms with Crippen LogP contribution in [0.25, 0.3) is 22.2 Å². The zero-order chi connectivity index (χ0) is 41.7. The summed E-state index contributed by atoms with van der Waals surface area (Å²) in [5.74, 6) is -1.78. The molecule has 0 aliphatic carbocycles. The minimum Gasteiger partial charge on any atom is -0.395 e. The van der Waals surface area contributed by atoms with Crippen LogP contribution in [-0.2, 0) is 37.5 Å². The number of carbonyl (C=O) groups excluding carboxylic acids is 4. The van der Waals surface area contributed by atoms with Gasteiger partial charge in [-0.05, 0) is 63.9 Å². The Kier molecular flexibility index (Phi) is 10.2. The van der Waals surface area contributed by atoms with E-state index in [1.807, 2.05) is 37.5 Å². The lowest BCUT2D eigenvalue weighted by Gasteiger charge is -2.27. The summed E-state index contributed by atoms with van der Waals surface area (Å²) in [7, 11) is 0. The molecule has 2 aliphatic rings. The third kappa shape index (κ3) is 7.27. The van der Waals surface area contributed by atoms with Gasteiger partial charge in [-0.3, -0.25) is 48.6 Å². The number of pyridine rings is 1. The molecular formula is C39H45N15O5. The molecule has 8 rings (SSSR count). The Balaban J connectivity index is 1.16. The maximum absolute atomic E-state index is 13.8. The van der Waals surface area contributed by atoms with E-state index in [0.717, 1.165) is 24.0 Å². The molecule has 20 nitrogen and oxygen atoms in total. The first-order valence-electron chi connectivity index (χ1n) is 19.3. The number of rotatable bonds is 14. The first-order chi connectivity index (χ1) is 28.3. The van der Waals surface area contributed by atoms with E-state index in [2.05, 4.69) is 35.7 Å². The zero-order valence-electron chi connectivity index (χ0n) is 33.1. The van der Waals surface area contributed by atoms with Crippen LogP contribution in [0.15, 0.2) is 42.6 Å². The quantitative estimate of drug-likeness (QED) is 0.0994. The molecule has 0 saturated carbocycles. The van der Waals surface area contributed by atoms with Gasteiger partial charge in [0.25, 0.3) is 11.8 Å². The van der Waals surface area contributed by atoms with Crippen molar-refractivity contribution in [3.63, 3.8) is 0 Å². The Labute approximate surface area is 337 Å². The van der Waals surface area contributed by atoms with E-state index in [9.17, 15) is 19.2 Å². The fourth-order valence-corrected chi connectivity index (χ4v) is 7.92. The SMILES string of the molecule is CCn1nc(C)cc1C(=O)Nc1nc2cc(C(N)=O)cc(CN3CC4CC3CO4)c2n1C/C=C/Cn1c(NC(=O)c2c(N)c(C)nn2CC)nc2cc(C(N)=O)cnc21. The number of morpholine rings is 1. The topological polar surface area (TPSA) is 267 Å². The van der Waals surface area contributed by atoms with E-state index in [0.29, 0.717) is 65.6 Å². The van der Waals surface area contributed by atoms with Crippen LogP contribution in [0.5, 0.6) is 0 Å². The van der Waals surface area contributed by atoms with Crippen LogP contribution in [0.2, 0.25) is 0 Å². The van der Waals surface area contributed by atoms with Gasteiger partial charge in [-0.1, -0.05) is 12.2 Å². The second kappa shape index (κ2) is 15.4. The number of aromatic nitrogens is 9. The van der Waals surface area contributed by atoms with Crippen molar-refractivity contribution in [1.82, 2.24) is 48.5 Å². The summed E-state index contributed by atoms with van der Waals surface area (Å²) >= 11 is 0. The van der Waals surface area contributed by atoms with Crippen molar-refractivity contribution in [2.24, 2.45) is 11.5 Å². The minimum absolute atomic E-state index is 0.152. The molecule has 0 radical (unpaired) electrons. The van der Waals surface area contributed by atoms with Gasteiger partial charge in [-0.15, -0.1) is 0 Å². The first kappa shape index (κ1) is 38.9. The summed E-state index contributed by atoms with van der Waals surface area (Å²) in [5.41, 5.74) is 22.8. The number of nitrogen functional groups attached to an aromatic ring is 1. The summed E-state index contributed by atoms with van der Waals surface area (Å²) in [5, 5.41) is 14.7. The monoisotopic (exact) mass is 803 g/mol. The second-order valence-corrected chi connectivity index (χ2v) is 14.7.